The molecule has 1 aliphatic rings. The lowest BCUT2D eigenvalue weighted by Crippen LogP contribution is -2.18. The third-order valence-corrected chi connectivity index (χ3v) is 5.95. The van der Waals surface area contributed by atoms with Gasteiger partial charge in [0.15, 0.2) is 0 Å². The molecule has 1 atom stereocenters. The smallest absolute Gasteiger partial charge is 0.387 e. The van der Waals surface area contributed by atoms with Crippen LogP contribution in [0.2, 0.25) is 0 Å². The molecule has 27 heavy (non-hydrogen) atoms. The van der Waals surface area contributed by atoms with Crippen LogP contribution in [0.4, 0.5) is 19.0 Å². The van der Waals surface area contributed by atoms with Crippen molar-refractivity contribution in [1.29, 1.82) is 0 Å². The number of benzene rings is 1. The number of halogens is 3. The molecule has 0 aliphatic heterocycles. The molecular weight excluding hydrogens is 375 g/mol. The van der Waals surface area contributed by atoms with E-state index in [-0.39, 0.29) is 12.1 Å². The van der Waals surface area contributed by atoms with Crippen LogP contribution in [0.15, 0.2) is 24.3 Å². The van der Waals surface area contributed by atoms with Crippen LogP contribution in [-0.4, -0.2) is 21.6 Å². The zero-order chi connectivity index (χ0) is 19.2. The molecule has 0 radical (unpaired) electrons. The first-order valence-corrected chi connectivity index (χ1v) is 9.53. The minimum absolute atomic E-state index is 0.0662. The lowest BCUT2D eigenvalue weighted by Gasteiger charge is -2.18. The van der Waals surface area contributed by atoms with Gasteiger partial charge in [0, 0.05) is 11.4 Å². The Morgan fingerprint density at radius 1 is 1.22 bits per heavy atom. The van der Waals surface area contributed by atoms with Crippen LogP contribution in [0, 0.1) is 6.92 Å². The summed E-state index contributed by atoms with van der Waals surface area (Å²) in [4.78, 5) is 11.1. The lowest BCUT2D eigenvalue weighted by atomic mass is 10.0. The third kappa shape index (κ3) is 3.39. The summed E-state index contributed by atoms with van der Waals surface area (Å²) < 4.78 is 39.6. The zero-order valence-electron chi connectivity index (χ0n) is 14.6. The normalized spacial score (nSPS) is 15.1. The predicted molar refractivity (Wildman–Crippen MR) is 99.1 cm³/mol. The highest BCUT2D eigenvalue weighted by molar-refractivity contribution is 7.19. The summed E-state index contributed by atoms with van der Waals surface area (Å²) in [5.41, 5.74) is 0.262. The standard InChI is InChI=1S/C19H18F3N3OS/c1-10-24-17(16-12-6-4-8-15(12)27-18(16)25-10)23-9-14(26)11-5-2-3-7-13(11)19(20,21)22/h2-3,5,7,14,26H,4,6,8-9H2,1H3,(H,23,24,25)/t14-/m1/s1. The molecule has 4 nitrogen and oxygen atoms in total. The number of nitrogens with one attached hydrogen (secondary N) is 1. The number of aryl methyl sites for hydroxylation is 3. The van der Waals surface area contributed by atoms with Gasteiger partial charge in [-0.25, -0.2) is 9.97 Å². The summed E-state index contributed by atoms with van der Waals surface area (Å²) in [6.07, 6.45) is -2.75. The molecule has 1 aliphatic carbocycles. The van der Waals surface area contributed by atoms with E-state index in [1.165, 1.54) is 28.6 Å². The van der Waals surface area contributed by atoms with Crippen molar-refractivity contribution in [3.8, 4) is 0 Å². The highest BCUT2D eigenvalue weighted by Gasteiger charge is 2.34. The Balaban J connectivity index is 1.63. The average molecular weight is 393 g/mol. The maximum Gasteiger partial charge on any atom is 0.416 e. The monoisotopic (exact) mass is 393 g/mol. The highest BCUT2D eigenvalue weighted by Crippen LogP contribution is 2.40. The van der Waals surface area contributed by atoms with Gasteiger partial charge in [-0.3, -0.25) is 0 Å². The molecule has 4 rings (SSSR count). The molecule has 0 saturated carbocycles. The molecule has 2 aromatic heterocycles. The van der Waals surface area contributed by atoms with Gasteiger partial charge in [-0.15, -0.1) is 11.3 Å². The number of aromatic nitrogens is 2. The molecule has 2 heterocycles. The fourth-order valence-corrected chi connectivity index (χ4v) is 4.89. The van der Waals surface area contributed by atoms with Crippen molar-refractivity contribution >= 4 is 27.4 Å². The summed E-state index contributed by atoms with van der Waals surface area (Å²) in [6, 6.07) is 5.10. The molecule has 142 valence electrons. The number of anilines is 1. The number of nitrogens with zero attached hydrogens (tertiary/aromatic N) is 2. The summed E-state index contributed by atoms with van der Waals surface area (Å²) in [5.74, 6) is 1.18. The molecule has 1 aromatic carbocycles. The molecular formula is C19H18F3N3OS. The molecule has 0 unspecified atom stereocenters. The van der Waals surface area contributed by atoms with Crippen LogP contribution in [0.25, 0.3) is 10.2 Å². The van der Waals surface area contributed by atoms with Crippen LogP contribution >= 0.6 is 11.3 Å². The Bertz CT molecular complexity index is 1000. The Labute approximate surface area is 158 Å². The maximum atomic E-state index is 13.2. The Kier molecular flexibility index (Phi) is 4.55. The van der Waals surface area contributed by atoms with Gasteiger partial charge in [0.1, 0.15) is 16.5 Å². The van der Waals surface area contributed by atoms with Gasteiger partial charge in [0.25, 0.3) is 0 Å². The van der Waals surface area contributed by atoms with Crippen molar-refractivity contribution in [3.63, 3.8) is 0 Å². The van der Waals surface area contributed by atoms with Crippen LogP contribution < -0.4 is 5.32 Å². The number of hydrogen-bond donors (Lipinski definition) is 2. The van der Waals surface area contributed by atoms with E-state index in [1.54, 1.807) is 18.3 Å². The van der Waals surface area contributed by atoms with Gasteiger partial charge < -0.3 is 10.4 Å². The van der Waals surface area contributed by atoms with Crippen LogP contribution in [0.5, 0.6) is 0 Å². The second-order valence-electron chi connectivity index (χ2n) is 6.64. The number of rotatable bonds is 4. The van der Waals surface area contributed by atoms with E-state index >= 15 is 0 Å². The van der Waals surface area contributed by atoms with Gasteiger partial charge in [-0.1, -0.05) is 18.2 Å². The fraction of sp³-hybridized carbons (Fsp3) is 0.368. The predicted octanol–water partition coefficient (Wildman–Crippen LogP) is 4.65. The van der Waals surface area contributed by atoms with Gasteiger partial charge in [-0.05, 0) is 43.4 Å². The first-order chi connectivity index (χ1) is 12.8. The first kappa shape index (κ1) is 18.2. The SMILES string of the molecule is Cc1nc(NC[C@@H](O)c2ccccc2C(F)(F)F)c2c3c(sc2n1)CCC3. The lowest BCUT2D eigenvalue weighted by molar-refractivity contribution is -0.139. The number of hydrogen-bond acceptors (Lipinski definition) is 5. The second kappa shape index (κ2) is 6.76. The van der Waals surface area contributed by atoms with Crippen LogP contribution in [0.1, 0.15) is 39.9 Å². The fourth-order valence-electron chi connectivity index (χ4n) is 3.58. The molecule has 0 amide bonds. The van der Waals surface area contributed by atoms with Gasteiger partial charge >= 0.3 is 6.18 Å². The van der Waals surface area contributed by atoms with Crippen molar-refractivity contribution in [2.45, 2.75) is 38.5 Å². The first-order valence-electron chi connectivity index (χ1n) is 8.71. The molecule has 2 N–H and O–H groups in total. The minimum Gasteiger partial charge on any atom is -0.387 e. The third-order valence-electron chi connectivity index (χ3n) is 4.76. The highest BCUT2D eigenvalue weighted by atomic mass is 32.1. The molecule has 0 spiro atoms. The number of fused-ring (bicyclic) bond motifs is 3. The molecule has 0 saturated heterocycles. The van der Waals surface area contributed by atoms with Crippen LogP contribution in [0.3, 0.4) is 0 Å². The molecule has 0 fully saturated rings. The van der Waals surface area contributed by atoms with E-state index in [1.807, 2.05) is 0 Å². The Morgan fingerprint density at radius 2 is 2.00 bits per heavy atom. The molecule has 8 heteroatoms. The summed E-state index contributed by atoms with van der Waals surface area (Å²) in [7, 11) is 0. The van der Waals surface area contributed by atoms with Crippen molar-refractivity contribution in [2.24, 2.45) is 0 Å². The van der Waals surface area contributed by atoms with E-state index in [0.717, 1.165) is 35.5 Å². The molecule has 0 bridgehead atoms. The minimum atomic E-state index is -4.51. The summed E-state index contributed by atoms with van der Waals surface area (Å²) in [6.45, 7) is 1.72. The van der Waals surface area contributed by atoms with E-state index in [4.69, 9.17) is 0 Å². The van der Waals surface area contributed by atoms with Gasteiger partial charge in [0.05, 0.1) is 17.1 Å². The van der Waals surface area contributed by atoms with Crippen molar-refractivity contribution in [3.05, 3.63) is 51.7 Å². The van der Waals surface area contributed by atoms with E-state index in [9.17, 15) is 18.3 Å². The Morgan fingerprint density at radius 3 is 2.78 bits per heavy atom. The number of thiophene rings is 1. The maximum absolute atomic E-state index is 13.2. The second-order valence-corrected chi connectivity index (χ2v) is 7.72. The number of alkyl halides is 3. The molecule has 3 aromatic rings. The van der Waals surface area contributed by atoms with E-state index < -0.39 is 17.8 Å². The summed E-state index contributed by atoms with van der Waals surface area (Å²) >= 11 is 1.65. The number of aliphatic hydroxyl groups excluding tert-OH is 1. The van der Waals surface area contributed by atoms with Gasteiger partial charge in [-0.2, -0.15) is 13.2 Å². The Hall–Kier alpha value is -2.19. The average Bonchev–Trinajstić information content (AvgIpc) is 3.19. The van der Waals surface area contributed by atoms with Crippen molar-refractivity contribution in [2.75, 3.05) is 11.9 Å². The topological polar surface area (TPSA) is 58.0 Å². The largest absolute Gasteiger partial charge is 0.416 e. The van der Waals surface area contributed by atoms with Gasteiger partial charge in [0.2, 0.25) is 0 Å². The van der Waals surface area contributed by atoms with Crippen molar-refractivity contribution < 1.29 is 18.3 Å². The number of aliphatic hydroxyl groups is 1. The quantitative estimate of drug-likeness (QED) is 0.677. The summed E-state index contributed by atoms with van der Waals surface area (Å²) in [5, 5.41) is 14.4. The van der Waals surface area contributed by atoms with E-state index in [0.29, 0.717) is 11.6 Å². The van der Waals surface area contributed by atoms with Crippen molar-refractivity contribution in [1.82, 2.24) is 9.97 Å². The zero-order valence-corrected chi connectivity index (χ0v) is 15.4. The van der Waals surface area contributed by atoms with Crippen LogP contribution in [-0.2, 0) is 19.0 Å². The van der Waals surface area contributed by atoms with E-state index in [2.05, 4.69) is 15.3 Å².